The largest absolute Gasteiger partial charge is 0.390 e. The normalized spacial score (nSPS) is 14.4. The maximum absolute atomic E-state index is 9.17. The van der Waals surface area contributed by atoms with E-state index >= 15 is 0 Å². The monoisotopic (exact) mass is 240 g/mol. The number of benzene rings is 1. The minimum absolute atomic E-state index is 0.0106. The molecular weight excluding hydrogens is 224 g/mol. The van der Waals surface area contributed by atoms with Gasteiger partial charge < -0.3 is 10.0 Å². The maximum atomic E-state index is 9.17. The van der Waals surface area contributed by atoms with Crippen molar-refractivity contribution >= 4 is 11.5 Å². The summed E-state index contributed by atoms with van der Waals surface area (Å²) in [5.41, 5.74) is 3.34. The lowest BCUT2D eigenvalue weighted by molar-refractivity contribution is 0.277. The van der Waals surface area contributed by atoms with Crippen LogP contribution in [0.15, 0.2) is 42.5 Å². The number of para-hydroxylation sites is 1. The second-order valence-corrected chi connectivity index (χ2v) is 4.53. The molecule has 3 heteroatoms. The predicted octanol–water partition coefficient (Wildman–Crippen LogP) is 2.66. The van der Waals surface area contributed by atoms with E-state index in [2.05, 4.69) is 34.1 Å². The van der Waals surface area contributed by atoms with E-state index in [1.54, 1.807) is 0 Å². The highest BCUT2D eigenvalue weighted by Gasteiger charge is 2.18. The molecule has 0 fully saturated rings. The van der Waals surface area contributed by atoms with Gasteiger partial charge in [-0.1, -0.05) is 24.3 Å². The maximum Gasteiger partial charge on any atom is 0.133 e. The molecule has 0 bridgehead atoms. The first kappa shape index (κ1) is 11.2. The molecule has 0 radical (unpaired) electrons. The Morgan fingerprint density at radius 1 is 1.11 bits per heavy atom. The molecule has 1 N–H and O–H groups in total. The summed E-state index contributed by atoms with van der Waals surface area (Å²) in [5, 5.41) is 9.17. The van der Waals surface area contributed by atoms with E-state index in [0.29, 0.717) is 0 Å². The fourth-order valence-electron chi connectivity index (χ4n) is 2.48. The topological polar surface area (TPSA) is 36.4 Å². The summed E-state index contributed by atoms with van der Waals surface area (Å²) in [6.45, 7) is 0.974. The van der Waals surface area contributed by atoms with Gasteiger partial charge in [0, 0.05) is 12.2 Å². The molecule has 92 valence electrons. The molecule has 1 aromatic carbocycles. The third-order valence-electron chi connectivity index (χ3n) is 3.34. The Labute approximate surface area is 107 Å². The van der Waals surface area contributed by atoms with E-state index in [1.807, 2.05) is 18.2 Å². The Morgan fingerprint density at radius 3 is 2.89 bits per heavy atom. The van der Waals surface area contributed by atoms with Gasteiger partial charge in [0.2, 0.25) is 0 Å². The van der Waals surface area contributed by atoms with Gasteiger partial charge in [-0.05, 0) is 36.6 Å². The highest BCUT2D eigenvalue weighted by Crippen LogP contribution is 2.32. The molecule has 0 saturated carbocycles. The summed E-state index contributed by atoms with van der Waals surface area (Å²) in [5.74, 6) is 0.925. The standard InChI is InChI=1S/C15H16N2O/c18-11-13-7-3-9-15(16-13)17-10-4-6-12-5-1-2-8-14(12)17/h1-3,5,7-9,18H,4,6,10-11H2. The quantitative estimate of drug-likeness (QED) is 0.876. The van der Waals surface area contributed by atoms with Crippen LogP contribution in [-0.2, 0) is 13.0 Å². The van der Waals surface area contributed by atoms with Gasteiger partial charge in [0.25, 0.3) is 0 Å². The number of hydrogen-bond donors (Lipinski definition) is 1. The molecule has 0 amide bonds. The van der Waals surface area contributed by atoms with Gasteiger partial charge >= 0.3 is 0 Å². The van der Waals surface area contributed by atoms with E-state index < -0.39 is 0 Å². The van der Waals surface area contributed by atoms with Crippen molar-refractivity contribution in [1.82, 2.24) is 4.98 Å². The molecule has 0 saturated heterocycles. The lowest BCUT2D eigenvalue weighted by Gasteiger charge is -2.30. The number of rotatable bonds is 2. The SMILES string of the molecule is OCc1cccc(N2CCCc3ccccc32)n1. The van der Waals surface area contributed by atoms with Crippen LogP contribution in [0.1, 0.15) is 17.7 Å². The van der Waals surface area contributed by atoms with Crippen molar-refractivity contribution in [2.24, 2.45) is 0 Å². The van der Waals surface area contributed by atoms with Crippen LogP contribution < -0.4 is 4.90 Å². The summed E-state index contributed by atoms with van der Waals surface area (Å²) in [7, 11) is 0. The summed E-state index contributed by atoms with van der Waals surface area (Å²) in [4.78, 5) is 6.72. The zero-order chi connectivity index (χ0) is 12.4. The van der Waals surface area contributed by atoms with Gasteiger partial charge in [0.15, 0.2) is 0 Å². The molecule has 18 heavy (non-hydrogen) atoms. The number of aromatic nitrogens is 1. The van der Waals surface area contributed by atoms with Crippen LogP contribution in [0.5, 0.6) is 0 Å². The summed E-state index contributed by atoms with van der Waals surface area (Å²) in [6.07, 6.45) is 2.27. The van der Waals surface area contributed by atoms with Gasteiger partial charge in [-0.25, -0.2) is 4.98 Å². The van der Waals surface area contributed by atoms with Gasteiger partial charge in [-0.15, -0.1) is 0 Å². The highest BCUT2D eigenvalue weighted by atomic mass is 16.3. The first-order valence-electron chi connectivity index (χ1n) is 6.31. The number of aliphatic hydroxyl groups excluding tert-OH is 1. The fourth-order valence-corrected chi connectivity index (χ4v) is 2.48. The number of pyridine rings is 1. The number of aryl methyl sites for hydroxylation is 1. The predicted molar refractivity (Wildman–Crippen MR) is 71.9 cm³/mol. The molecule has 0 spiro atoms. The van der Waals surface area contributed by atoms with Crippen LogP contribution in [0.4, 0.5) is 11.5 Å². The van der Waals surface area contributed by atoms with Gasteiger partial charge in [-0.3, -0.25) is 0 Å². The minimum atomic E-state index is -0.0106. The zero-order valence-electron chi connectivity index (χ0n) is 10.2. The van der Waals surface area contributed by atoms with E-state index in [1.165, 1.54) is 11.3 Å². The summed E-state index contributed by atoms with van der Waals surface area (Å²) >= 11 is 0. The molecule has 0 unspecified atom stereocenters. The lowest BCUT2D eigenvalue weighted by atomic mass is 10.0. The van der Waals surface area contributed by atoms with Crippen molar-refractivity contribution in [3.63, 3.8) is 0 Å². The van der Waals surface area contributed by atoms with E-state index in [0.717, 1.165) is 30.9 Å². The molecule has 2 aromatic rings. The van der Waals surface area contributed by atoms with E-state index in [-0.39, 0.29) is 6.61 Å². The molecule has 1 aliphatic heterocycles. The van der Waals surface area contributed by atoms with Crippen molar-refractivity contribution in [3.8, 4) is 0 Å². The van der Waals surface area contributed by atoms with Crippen LogP contribution >= 0.6 is 0 Å². The molecule has 3 nitrogen and oxygen atoms in total. The van der Waals surface area contributed by atoms with Crippen molar-refractivity contribution < 1.29 is 5.11 Å². The smallest absolute Gasteiger partial charge is 0.133 e. The van der Waals surface area contributed by atoms with Crippen molar-refractivity contribution in [3.05, 3.63) is 53.7 Å². The van der Waals surface area contributed by atoms with Crippen LogP contribution in [0.25, 0.3) is 0 Å². The third kappa shape index (κ3) is 1.97. The molecular formula is C15H16N2O. The fraction of sp³-hybridized carbons (Fsp3) is 0.267. The first-order valence-corrected chi connectivity index (χ1v) is 6.31. The van der Waals surface area contributed by atoms with Crippen molar-refractivity contribution in [2.75, 3.05) is 11.4 Å². The summed E-state index contributed by atoms with van der Waals surface area (Å²) < 4.78 is 0. The molecule has 0 atom stereocenters. The number of anilines is 2. The Kier molecular flexibility index (Phi) is 2.99. The van der Waals surface area contributed by atoms with E-state index in [9.17, 15) is 5.11 Å². The molecule has 0 aliphatic carbocycles. The third-order valence-corrected chi connectivity index (χ3v) is 3.34. The Hall–Kier alpha value is -1.87. The molecule has 1 aliphatic rings. The van der Waals surface area contributed by atoms with Crippen LogP contribution in [-0.4, -0.2) is 16.6 Å². The Balaban J connectivity index is 2.02. The highest BCUT2D eigenvalue weighted by molar-refractivity contribution is 5.65. The van der Waals surface area contributed by atoms with Crippen LogP contribution in [0.3, 0.4) is 0 Å². The van der Waals surface area contributed by atoms with Crippen molar-refractivity contribution in [1.29, 1.82) is 0 Å². The van der Waals surface area contributed by atoms with Crippen LogP contribution in [0.2, 0.25) is 0 Å². The number of hydrogen-bond acceptors (Lipinski definition) is 3. The summed E-state index contributed by atoms with van der Waals surface area (Å²) in [6, 6.07) is 14.3. The first-order chi connectivity index (χ1) is 8.88. The average Bonchev–Trinajstić information content (AvgIpc) is 2.47. The molecule has 3 rings (SSSR count). The van der Waals surface area contributed by atoms with Gasteiger partial charge in [0.1, 0.15) is 5.82 Å². The Morgan fingerprint density at radius 2 is 2.00 bits per heavy atom. The average molecular weight is 240 g/mol. The molecule has 1 aromatic heterocycles. The number of nitrogens with zero attached hydrogens (tertiary/aromatic N) is 2. The van der Waals surface area contributed by atoms with E-state index in [4.69, 9.17) is 0 Å². The lowest BCUT2D eigenvalue weighted by Crippen LogP contribution is -2.25. The second kappa shape index (κ2) is 4.78. The zero-order valence-corrected chi connectivity index (χ0v) is 10.2. The minimum Gasteiger partial charge on any atom is -0.390 e. The van der Waals surface area contributed by atoms with Gasteiger partial charge in [0.05, 0.1) is 12.3 Å². The van der Waals surface area contributed by atoms with Gasteiger partial charge in [-0.2, -0.15) is 0 Å². The second-order valence-electron chi connectivity index (χ2n) is 4.53. The molecule has 2 heterocycles. The van der Waals surface area contributed by atoms with Crippen molar-refractivity contribution in [2.45, 2.75) is 19.4 Å². The van der Waals surface area contributed by atoms with Crippen LogP contribution in [0, 0.1) is 0 Å². The number of fused-ring (bicyclic) bond motifs is 1. The number of aliphatic hydroxyl groups is 1. The Bertz CT molecular complexity index is 554.